The van der Waals surface area contributed by atoms with Gasteiger partial charge in [-0.25, -0.2) is 0 Å². The molecule has 2 aromatic rings. The van der Waals surface area contributed by atoms with Crippen molar-refractivity contribution in [1.82, 2.24) is 15.1 Å². The van der Waals surface area contributed by atoms with Gasteiger partial charge in [0.25, 0.3) is 0 Å². The van der Waals surface area contributed by atoms with Gasteiger partial charge >= 0.3 is 5.97 Å². The lowest BCUT2D eigenvalue weighted by molar-refractivity contribution is -0.137. The van der Waals surface area contributed by atoms with Gasteiger partial charge in [0.1, 0.15) is 0 Å². The monoisotopic (exact) mass is 353 g/mol. The van der Waals surface area contributed by atoms with Gasteiger partial charge in [-0.05, 0) is 30.8 Å². The van der Waals surface area contributed by atoms with Gasteiger partial charge in [0.15, 0.2) is 0 Å². The lowest BCUT2D eigenvalue weighted by Crippen LogP contribution is -2.25. The molecule has 0 bridgehead atoms. The van der Waals surface area contributed by atoms with Crippen molar-refractivity contribution in [2.24, 2.45) is 0 Å². The minimum Gasteiger partial charge on any atom is -0.481 e. The van der Waals surface area contributed by atoms with Gasteiger partial charge < -0.3 is 9.52 Å². The zero-order valence-electron chi connectivity index (χ0n) is 11.6. The van der Waals surface area contributed by atoms with E-state index in [1.807, 2.05) is 36.1 Å². The minimum absolute atomic E-state index is 0.0988. The maximum absolute atomic E-state index is 10.6. The molecule has 1 aromatic carbocycles. The molecule has 0 fully saturated rings. The van der Waals surface area contributed by atoms with Gasteiger partial charge in [0.05, 0.1) is 13.0 Å². The molecular weight excluding hydrogens is 338 g/mol. The van der Waals surface area contributed by atoms with Gasteiger partial charge in [-0.3, -0.25) is 9.69 Å². The molecule has 1 heterocycles. The fraction of sp³-hybridized carbons (Fsp3) is 0.357. The van der Waals surface area contributed by atoms with E-state index in [-0.39, 0.29) is 6.42 Å². The first-order valence-corrected chi connectivity index (χ1v) is 7.40. The largest absolute Gasteiger partial charge is 0.481 e. The van der Waals surface area contributed by atoms with E-state index < -0.39 is 5.97 Å². The number of rotatable bonds is 7. The van der Waals surface area contributed by atoms with Crippen LogP contribution in [0.15, 0.2) is 33.2 Å². The molecule has 0 atom stereocenters. The van der Waals surface area contributed by atoms with Crippen LogP contribution < -0.4 is 0 Å². The summed E-state index contributed by atoms with van der Waals surface area (Å²) in [6.45, 7) is 3.60. The molecule has 2 rings (SSSR count). The number of nitrogens with zero attached hydrogens (tertiary/aromatic N) is 3. The number of hydrogen-bond acceptors (Lipinski definition) is 5. The molecule has 7 heteroatoms. The zero-order chi connectivity index (χ0) is 15.2. The van der Waals surface area contributed by atoms with Crippen LogP contribution >= 0.6 is 15.9 Å². The van der Waals surface area contributed by atoms with E-state index in [0.29, 0.717) is 24.9 Å². The Morgan fingerprint density at radius 3 is 2.67 bits per heavy atom. The lowest BCUT2D eigenvalue weighted by atomic mass is 10.2. The van der Waals surface area contributed by atoms with Crippen molar-refractivity contribution in [2.75, 3.05) is 13.1 Å². The third-order valence-electron chi connectivity index (χ3n) is 3.01. The average Bonchev–Trinajstić information content (AvgIpc) is 2.92. The summed E-state index contributed by atoms with van der Waals surface area (Å²) < 4.78 is 6.61. The van der Waals surface area contributed by atoms with Crippen molar-refractivity contribution in [3.05, 3.63) is 34.6 Å². The summed E-state index contributed by atoms with van der Waals surface area (Å²) in [5.41, 5.74) is 0.852. The highest BCUT2D eigenvalue weighted by Crippen LogP contribution is 2.20. The van der Waals surface area contributed by atoms with Crippen LogP contribution in [0, 0.1) is 0 Å². The highest BCUT2D eigenvalue weighted by Gasteiger charge is 2.12. The Labute approximate surface area is 130 Å². The van der Waals surface area contributed by atoms with E-state index in [4.69, 9.17) is 9.52 Å². The second kappa shape index (κ2) is 7.33. The summed E-state index contributed by atoms with van der Waals surface area (Å²) in [4.78, 5) is 12.6. The molecule has 0 aliphatic carbocycles. The number of halogens is 1. The van der Waals surface area contributed by atoms with Crippen LogP contribution in [0.4, 0.5) is 0 Å². The maximum Gasteiger partial charge on any atom is 0.304 e. The molecule has 0 saturated heterocycles. The molecule has 0 unspecified atom stereocenters. The van der Waals surface area contributed by atoms with E-state index in [2.05, 4.69) is 26.1 Å². The standard InChI is InChI=1S/C14H16BrN3O3/c1-2-18(8-7-13(19)20)9-12-16-17-14(21-12)10-3-5-11(15)6-4-10/h3-6H,2,7-9H2,1H3,(H,19,20). The normalized spacial score (nSPS) is 11.0. The molecule has 0 saturated carbocycles. The Morgan fingerprint density at radius 1 is 1.33 bits per heavy atom. The van der Waals surface area contributed by atoms with Crippen LogP contribution in [-0.2, 0) is 11.3 Å². The van der Waals surface area contributed by atoms with Crippen molar-refractivity contribution >= 4 is 21.9 Å². The highest BCUT2D eigenvalue weighted by molar-refractivity contribution is 9.10. The number of carboxylic acids is 1. The molecule has 0 radical (unpaired) electrons. The fourth-order valence-electron chi connectivity index (χ4n) is 1.82. The molecule has 21 heavy (non-hydrogen) atoms. The smallest absolute Gasteiger partial charge is 0.304 e. The van der Waals surface area contributed by atoms with Gasteiger partial charge in [0, 0.05) is 16.6 Å². The Balaban J connectivity index is 2.01. The molecule has 1 N–H and O–H groups in total. The Morgan fingerprint density at radius 2 is 2.05 bits per heavy atom. The third-order valence-corrected chi connectivity index (χ3v) is 3.53. The first-order chi connectivity index (χ1) is 10.1. The first kappa shape index (κ1) is 15.7. The summed E-state index contributed by atoms with van der Waals surface area (Å²) in [5.74, 6) is 0.140. The van der Waals surface area contributed by atoms with E-state index in [1.165, 1.54) is 0 Å². The van der Waals surface area contributed by atoms with E-state index >= 15 is 0 Å². The third kappa shape index (κ3) is 4.64. The van der Waals surface area contributed by atoms with E-state index in [0.717, 1.165) is 16.6 Å². The summed E-state index contributed by atoms with van der Waals surface area (Å²) in [5, 5.41) is 16.8. The van der Waals surface area contributed by atoms with Crippen LogP contribution in [0.1, 0.15) is 19.2 Å². The summed E-state index contributed by atoms with van der Waals surface area (Å²) in [7, 11) is 0. The number of carboxylic acid groups (broad SMARTS) is 1. The van der Waals surface area contributed by atoms with Crippen molar-refractivity contribution in [2.45, 2.75) is 19.9 Å². The van der Waals surface area contributed by atoms with Crippen molar-refractivity contribution in [3.63, 3.8) is 0 Å². The van der Waals surface area contributed by atoms with Crippen LogP contribution in [0.3, 0.4) is 0 Å². The molecule has 0 aliphatic rings. The van der Waals surface area contributed by atoms with Crippen molar-refractivity contribution in [1.29, 1.82) is 0 Å². The second-order valence-corrected chi connectivity index (χ2v) is 5.44. The fourth-order valence-corrected chi connectivity index (χ4v) is 2.08. The van der Waals surface area contributed by atoms with Gasteiger partial charge in [-0.2, -0.15) is 0 Å². The highest BCUT2D eigenvalue weighted by atomic mass is 79.9. The van der Waals surface area contributed by atoms with Crippen LogP contribution in [0.25, 0.3) is 11.5 Å². The van der Waals surface area contributed by atoms with Crippen molar-refractivity contribution < 1.29 is 14.3 Å². The quantitative estimate of drug-likeness (QED) is 0.824. The molecule has 1 aromatic heterocycles. The minimum atomic E-state index is -0.811. The summed E-state index contributed by atoms with van der Waals surface area (Å²) in [6.07, 6.45) is 0.0988. The number of hydrogen-bond donors (Lipinski definition) is 1. The zero-order valence-corrected chi connectivity index (χ0v) is 13.2. The van der Waals surface area contributed by atoms with Crippen molar-refractivity contribution in [3.8, 4) is 11.5 Å². The topological polar surface area (TPSA) is 79.5 Å². The second-order valence-electron chi connectivity index (χ2n) is 4.52. The Bertz CT molecular complexity index is 598. The Kier molecular flexibility index (Phi) is 5.46. The average molecular weight is 354 g/mol. The van der Waals surface area contributed by atoms with Crippen LogP contribution in [0.2, 0.25) is 0 Å². The van der Waals surface area contributed by atoms with Gasteiger partial charge in [-0.15, -0.1) is 10.2 Å². The predicted octanol–water partition coefficient (Wildman–Crippen LogP) is 2.80. The number of aliphatic carboxylic acids is 1. The van der Waals surface area contributed by atoms with Crippen LogP contribution in [0.5, 0.6) is 0 Å². The summed E-state index contributed by atoms with van der Waals surface area (Å²) >= 11 is 3.37. The SMILES string of the molecule is CCN(CCC(=O)O)Cc1nnc(-c2ccc(Br)cc2)o1. The lowest BCUT2D eigenvalue weighted by Gasteiger charge is -2.16. The molecule has 112 valence electrons. The molecule has 0 amide bonds. The molecule has 6 nitrogen and oxygen atoms in total. The number of aromatic nitrogens is 2. The maximum atomic E-state index is 10.6. The predicted molar refractivity (Wildman–Crippen MR) is 80.6 cm³/mol. The molecular formula is C14H16BrN3O3. The van der Waals surface area contributed by atoms with E-state index in [9.17, 15) is 4.79 Å². The number of benzene rings is 1. The summed E-state index contributed by atoms with van der Waals surface area (Å²) in [6, 6.07) is 7.60. The number of carbonyl (C=O) groups is 1. The van der Waals surface area contributed by atoms with Gasteiger partial charge in [-0.1, -0.05) is 22.9 Å². The molecule has 0 spiro atoms. The Hall–Kier alpha value is -1.73. The van der Waals surface area contributed by atoms with Crippen LogP contribution in [-0.4, -0.2) is 39.3 Å². The van der Waals surface area contributed by atoms with Gasteiger partial charge in [0.2, 0.25) is 11.8 Å². The first-order valence-electron chi connectivity index (χ1n) is 6.61. The van der Waals surface area contributed by atoms with E-state index in [1.54, 1.807) is 0 Å². The molecule has 0 aliphatic heterocycles.